The van der Waals surface area contributed by atoms with Crippen LogP contribution in [-0.4, -0.2) is 37.0 Å². The SMILES string of the molecule is CC(F)(F)CCN1CCCC(CN)CC1. The molecule has 1 heterocycles. The van der Waals surface area contributed by atoms with E-state index in [0.717, 1.165) is 45.8 Å². The van der Waals surface area contributed by atoms with Crippen molar-refractivity contribution in [1.29, 1.82) is 0 Å². The van der Waals surface area contributed by atoms with Gasteiger partial charge in [0.15, 0.2) is 0 Å². The maximum Gasteiger partial charge on any atom is 0.246 e. The number of halogens is 2. The fourth-order valence-electron chi connectivity index (χ4n) is 2.04. The van der Waals surface area contributed by atoms with E-state index in [-0.39, 0.29) is 6.42 Å². The molecule has 0 amide bonds. The molecule has 0 saturated carbocycles. The van der Waals surface area contributed by atoms with Crippen molar-refractivity contribution < 1.29 is 8.78 Å². The molecule has 4 heteroatoms. The molecule has 1 aliphatic heterocycles. The van der Waals surface area contributed by atoms with E-state index in [9.17, 15) is 8.78 Å². The van der Waals surface area contributed by atoms with Crippen molar-refractivity contribution in [3.63, 3.8) is 0 Å². The first-order chi connectivity index (χ1) is 7.01. The number of hydrogen-bond acceptors (Lipinski definition) is 2. The van der Waals surface area contributed by atoms with Gasteiger partial charge < -0.3 is 10.6 Å². The first kappa shape index (κ1) is 12.8. The molecule has 1 saturated heterocycles. The standard InChI is InChI=1S/C11H22F2N2/c1-11(12,13)5-8-15-6-2-3-10(9-14)4-7-15/h10H,2-9,14H2,1H3. The van der Waals surface area contributed by atoms with Crippen molar-refractivity contribution >= 4 is 0 Å². The average molecular weight is 220 g/mol. The number of rotatable bonds is 4. The number of likely N-dealkylation sites (tertiary alicyclic amines) is 1. The molecule has 0 bridgehead atoms. The van der Waals surface area contributed by atoms with Crippen LogP contribution < -0.4 is 5.73 Å². The monoisotopic (exact) mass is 220 g/mol. The summed E-state index contributed by atoms with van der Waals surface area (Å²) in [6.07, 6.45) is 3.28. The lowest BCUT2D eigenvalue weighted by molar-refractivity contribution is 0.00342. The third kappa shape index (κ3) is 5.42. The van der Waals surface area contributed by atoms with Gasteiger partial charge in [-0.05, 0) is 51.7 Å². The van der Waals surface area contributed by atoms with Gasteiger partial charge in [0.25, 0.3) is 0 Å². The summed E-state index contributed by atoms with van der Waals surface area (Å²) in [4.78, 5) is 2.15. The number of nitrogens with zero attached hydrogens (tertiary/aromatic N) is 1. The lowest BCUT2D eigenvalue weighted by Crippen LogP contribution is -2.29. The summed E-state index contributed by atoms with van der Waals surface area (Å²) in [6, 6.07) is 0. The predicted molar refractivity (Wildman–Crippen MR) is 58.1 cm³/mol. The van der Waals surface area contributed by atoms with Crippen LogP contribution in [0.15, 0.2) is 0 Å². The first-order valence-corrected chi connectivity index (χ1v) is 5.81. The fraction of sp³-hybridized carbons (Fsp3) is 1.00. The molecule has 0 aromatic heterocycles. The van der Waals surface area contributed by atoms with Crippen LogP contribution in [0.25, 0.3) is 0 Å². The Morgan fingerprint density at radius 3 is 2.67 bits per heavy atom. The summed E-state index contributed by atoms with van der Waals surface area (Å²) < 4.78 is 25.4. The van der Waals surface area contributed by atoms with Gasteiger partial charge in [0.2, 0.25) is 5.92 Å². The van der Waals surface area contributed by atoms with Crippen LogP contribution in [0.2, 0.25) is 0 Å². The van der Waals surface area contributed by atoms with E-state index in [1.165, 1.54) is 0 Å². The molecule has 0 spiro atoms. The topological polar surface area (TPSA) is 29.3 Å². The second kappa shape index (κ2) is 5.75. The Kier molecular flexibility index (Phi) is 4.93. The van der Waals surface area contributed by atoms with Crippen LogP contribution in [0.4, 0.5) is 8.78 Å². The van der Waals surface area contributed by atoms with Gasteiger partial charge in [-0.25, -0.2) is 8.78 Å². The van der Waals surface area contributed by atoms with Gasteiger partial charge in [0.1, 0.15) is 0 Å². The molecule has 2 N–H and O–H groups in total. The molecule has 0 aliphatic carbocycles. The van der Waals surface area contributed by atoms with Crippen LogP contribution in [0.5, 0.6) is 0 Å². The maximum atomic E-state index is 12.7. The van der Waals surface area contributed by atoms with Crippen molar-refractivity contribution in [2.75, 3.05) is 26.2 Å². The Bertz CT molecular complexity index is 180. The Hall–Kier alpha value is -0.220. The Morgan fingerprint density at radius 1 is 1.33 bits per heavy atom. The van der Waals surface area contributed by atoms with Crippen LogP contribution in [0.3, 0.4) is 0 Å². The van der Waals surface area contributed by atoms with Gasteiger partial charge >= 0.3 is 0 Å². The Morgan fingerprint density at radius 2 is 2.07 bits per heavy atom. The smallest absolute Gasteiger partial charge is 0.246 e. The number of alkyl halides is 2. The van der Waals surface area contributed by atoms with Crippen molar-refractivity contribution in [1.82, 2.24) is 4.90 Å². The van der Waals surface area contributed by atoms with Crippen LogP contribution >= 0.6 is 0 Å². The molecule has 1 aliphatic rings. The van der Waals surface area contributed by atoms with E-state index < -0.39 is 5.92 Å². The largest absolute Gasteiger partial charge is 0.330 e. The molecule has 1 rings (SSSR count). The summed E-state index contributed by atoms with van der Waals surface area (Å²) in [7, 11) is 0. The zero-order chi connectivity index (χ0) is 11.3. The van der Waals surface area contributed by atoms with Crippen molar-refractivity contribution in [2.45, 2.75) is 38.5 Å². The van der Waals surface area contributed by atoms with E-state index in [1.54, 1.807) is 0 Å². The molecule has 15 heavy (non-hydrogen) atoms. The van der Waals surface area contributed by atoms with E-state index in [1.807, 2.05) is 0 Å². The van der Waals surface area contributed by atoms with E-state index in [2.05, 4.69) is 4.90 Å². The molecule has 1 fully saturated rings. The van der Waals surface area contributed by atoms with Gasteiger partial charge in [-0.1, -0.05) is 0 Å². The summed E-state index contributed by atoms with van der Waals surface area (Å²) in [5, 5.41) is 0. The summed E-state index contributed by atoms with van der Waals surface area (Å²) in [5.41, 5.74) is 5.62. The predicted octanol–water partition coefficient (Wildman–Crippen LogP) is 2.09. The van der Waals surface area contributed by atoms with Crippen LogP contribution in [-0.2, 0) is 0 Å². The second-order valence-electron chi connectivity index (χ2n) is 4.69. The molecular weight excluding hydrogens is 198 g/mol. The average Bonchev–Trinajstić information content (AvgIpc) is 2.38. The minimum Gasteiger partial charge on any atom is -0.330 e. The molecule has 1 unspecified atom stereocenters. The highest BCUT2D eigenvalue weighted by atomic mass is 19.3. The zero-order valence-corrected chi connectivity index (χ0v) is 9.51. The third-order valence-corrected chi connectivity index (χ3v) is 3.14. The van der Waals surface area contributed by atoms with Crippen molar-refractivity contribution in [2.24, 2.45) is 11.7 Å². The normalized spacial score (nSPS) is 25.2. The molecule has 1 atom stereocenters. The van der Waals surface area contributed by atoms with Gasteiger partial charge in [0.05, 0.1) is 0 Å². The van der Waals surface area contributed by atoms with Crippen LogP contribution in [0, 0.1) is 5.92 Å². The highest BCUT2D eigenvalue weighted by Gasteiger charge is 2.23. The highest BCUT2D eigenvalue weighted by Crippen LogP contribution is 2.20. The van der Waals surface area contributed by atoms with Crippen molar-refractivity contribution in [3.05, 3.63) is 0 Å². The second-order valence-corrected chi connectivity index (χ2v) is 4.69. The number of hydrogen-bond donors (Lipinski definition) is 1. The molecule has 0 aromatic rings. The molecule has 90 valence electrons. The lowest BCUT2D eigenvalue weighted by Gasteiger charge is -2.21. The quantitative estimate of drug-likeness (QED) is 0.786. The Labute approximate surface area is 90.8 Å². The lowest BCUT2D eigenvalue weighted by atomic mass is 10.0. The summed E-state index contributed by atoms with van der Waals surface area (Å²) in [5.74, 6) is -1.93. The van der Waals surface area contributed by atoms with Crippen LogP contribution in [0.1, 0.15) is 32.6 Å². The molecule has 0 aromatic carbocycles. The fourth-order valence-corrected chi connectivity index (χ4v) is 2.04. The van der Waals surface area contributed by atoms with Gasteiger partial charge in [0, 0.05) is 13.0 Å². The van der Waals surface area contributed by atoms with Gasteiger partial charge in [-0.3, -0.25) is 0 Å². The minimum absolute atomic E-state index is 0.0275. The molecule has 0 radical (unpaired) electrons. The van der Waals surface area contributed by atoms with E-state index in [4.69, 9.17) is 5.73 Å². The van der Waals surface area contributed by atoms with E-state index >= 15 is 0 Å². The third-order valence-electron chi connectivity index (χ3n) is 3.14. The zero-order valence-electron chi connectivity index (χ0n) is 9.51. The van der Waals surface area contributed by atoms with Crippen molar-refractivity contribution in [3.8, 4) is 0 Å². The maximum absolute atomic E-state index is 12.7. The molecular formula is C11H22F2N2. The van der Waals surface area contributed by atoms with Gasteiger partial charge in [-0.2, -0.15) is 0 Å². The first-order valence-electron chi connectivity index (χ1n) is 5.81. The van der Waals surface area contributed by atoms with Gasteiger partial charge in [-0.15, -0.1) is 0 Å². The van der Waals surface area contributed by atoms with E-state index in [0.29, 0.717) is 12.5 Å². The summed E-state index contributed by atoms with van der Waals surface area (Å²) >= 11 is 0. The molecule has 2 nitrogen and oxygen atoms in total. The highest BCUT2D eigenvalue weighted by molar-refractivity contribution is 4.72. The minimum atomic E-state index is -2.53. The Balaban J connectivity index is 2.25. The summed E-state index contributed by atoms with van der Waals surface area (Å²) in [6.45, 7) is 4.12. The number of nitrogens with two attached hydrogens (primary N) is 1.